The van der Waals surface area contributed by atoms with E-state index in [0.717, 1.165) is 11.6 Å². The summed E-state index contributed by atoms with van der Waals surface area (Å²) >= 11 is 0. The van der Waals surface area contributed by atoms with Crippen molar-refractivity contribution in [3.05, 3.63) is 54.3 Å². The first kappa shape index (κ1) is 26.7. The summed E-state index contributed by atoms with van der Waals surface area (Å²) in [6.07, 6.45) is -7.38. The fourth-order valence-electron chi connectivity index (χ4n) is 4.77. The van der Waals surface area contributed by atoms with Crippen molar-refractivity contribution < 1.29 is 59.5 Å². The maximum absolute atomic E-state index is 12.3. The van der Waals surface area contributed by atoms with Gasteiger partial charge in [0, 0.05) is 12.0 Å². The van der Waals surface area contributed by atoms with Crippen LogP contribution in [-0.2, 0) is 23.7 Å². The van der Waals surface area contributed by atoms with Gasteiger partial charge in [0.25, 0.3) is 0 Å². The molecule has 0 aromatic heterocycles. The van der Waals surface area contributed by atoms with Crippen LogP contribution >= 0.6 is 0 Å². The summed E-state index contributed by atoms with van der Waals surface area (Å²) in [6.45, 7) is -1.41. The van der Waals surface area contributed by atoms with Crippen LogP contribution in [0, 0.1) is 11.8 Å². The lowest BCUT2D eigenvalue weighted by atomic mass is 9.83. The van der Waals surface area contributed by atoms with E-state index >= 15 is 0 Å². The molecule has 0 amide bonds. The number of fused-ring (bicyclic) bond motifs is 1. The maximum atomic E-state index is 12.3. The third kappa shape index (κ3) is 5.05. The zero-order chi connectivity index (χ0) is 26.0. The van der Waals surface area contributed by atoms with Crippen LogP contribution in [0.2, 0.25) is 0 Å². The first-order valence-electron chi connectivity index (χ1n) is 11.4. The molecule has 198 valence electrons. The SMILES string of the molecule is O=C(/C=C/c1ccccc1)OC[C@]1(O)[C@H]2[C@H](O[C@@H]3O[C@H](CO)[C@@H](O)[C@H](O)[C@H]3O)OC=C[C@H]2[C@H](O)[C@@H]1O. The summed E-state index contributed by atoms with van der Waals surface area (Å²) in [4.78, 5) is 12.3. The van der Waals surface area contributed by atoms with E-state index < -0.39 is 85.8 Å². The highest BCUT2D eigenvalue weighted by Gasteiger charge is 2.64. The van der Waals surface area contributed by atoms with Crippen LogP contribution < -0.4 is 0 Å². The molecule has 0 spiro atoms. The molecule has 1 saturated heterocycles. The molecule has 11 atom stereocenters. The number of hydrogen-bond acceptors (Lipinski definition) is 12. The average molecular weight is 510 g/mol. The molecule has 12 heteroatoms. The van der Waals surface area contributed by atoms with Crippen molar-refractivity contribution in [1.29, 1.82) is 0 Å². The zero-order valence-corrected chi connectivity index (χ0v) is 19.1. The molecule has 1 saturated carbocycles. The normalized spacial score (nSPS) is 42.2. The molecule has 4 rings (SSSR count). The molecule has 2 heterocycles. The number of carbonyl (C=O) groups excluding carboxylic acids is 1. The van der Waals surface area contributed by atoms with Crippen LogP contribution in [-0.4, -0.2) is 110 Å². The average Bonchev–Trinajstić information content (AvgIpc) is 3.09. The van der Waals surface area contributed by atoms with Crippen LogP contribution in [0.3, 0.4) is 0 Å². The monoisotopic (exact) mass is 510 g/mol. The van der Waals surface area contributed by atoms with Gasteiger partial charge < -0.3 is 54.7 Å². The van der Waals surface area contributed by atoms with Crippen molar-refractivity contribution >= 4 is 12.0 Å². The van der Waals surface area contributed by atoms with Crippen molar-refractivity contribution in [2.75, 3.05) is 13.2 Å². The van der Waals surface area contributed by atoms with Crippen LogP contribution in [0.1, 0.15) is 5.56 Å². The van der Waals surface area contributed by atoms with E-state index in [9.17, 15) is 40.5 Å². The zero-order valence-electron chi connectivity index (χ0n) is 19.1. The summed E-state index contributed by atoms with van der Waals surface area (Å²) < 4.78 is 21.6. The lowest BCUT2D eigenvalue weighted by Gasteiger charge is -2.44. The van der Waals surface area contributed by atoms with Gasteiger partial charge in [-0.1, -0.05) is 30.3 Å². The molecule has 2 fully saturated rings. The van der Waals surface area contributed by atoms with Gasteiger partial charge in [0.2, 0.25) is 6.29 Å². The second-order valence-corrected chi connectivity index (χ2v) is 9.05. The van der Waals surface area contributed by atoms with E-state index in [1.54, 1.807) is 24.3 Å². The lowest BCUT2D eigenvalue weighted by molar-refractivity contribution is -0.348. The minimum absolute atomic E-state index is 0.684. The Labute approximate surface area is 206 Å². The summed E-state index contributed by atoms with van der Waals surface area (Å²) in [5.74, 6) is -2.91. The molecule has 0 unspecified atom stereocenters. The highest BCUT2D eigenvalue weighted by molar-refractivity contribution is 5.87. The Hall–Kier alpha value is -2.39. The Morgan fingerprint density at radius 2 is 1.72 bits per heavy atom. The molecule has 7 N–H and O–H groups in total. The number of carbonyl (C=O) groups is 1. The largest absolute Gasteiger partial charge is 0.472 e. The maximum Gasteiger partial charge on any atom is 0.330 e. The molecule has 1 aliphatic carbocycles. The lowest BCUT2D eigenvalue weighted by Crippen LogP contribution is -2.61. The highest BCUT2D eigenvalue weighted by atomic mass is 16.8. The molecule has 12 nitrogen and oxygen atoms in total. The Kier molecular flexibility index (Phi) is 8.09. The van der Waals surface area contributed by atoms with Crippen molar-refractivity contribution in [3.8, 4) is 0 Å². The van der Waals surface area contributed by atoms with Crippen LogP contribution in [0.25, 0.3) is 6.08 Å². The Bertz CT molecular complexity index is 952. The quantitative estimate of drug-likeness (QED) is 0.152. The smallest absolute Gasteiger partial charge is 0.330 e. The van der Waals surface area contributed by atoms with Gasteiger partial charge in [-0.3, -0.25) is 0 Å². The number of hydrogen-bond donors (Lipinski definition) is 7. The number of esters is 1. The predicted molar refractivity (Wildman–Crippen MR) is 119 cm³/mol. The van der Waals surface area contributed by atoms with E-state index in [2.05, 4.69) is 0 Å². The number of benzene rings is 1. The van der Waals surface area contributed by atoms with E-state index in [1.807, 2.05) is 6.07 Å². The second kappa shape index (κ2) is 10.9. The van der Waals surface area contributed by atoms with Crippen molar-refractivity contribution in [2.24, 2.45) is 11.8 Å². The van der Waals surface area contributed by atoms with Gasteiger partial charge in [0.15, 0.2) is 6.29 Å². The van der Waals surface area contributed by atoms with Gasteiger partial charge in [0.05, 0.1) is 24.9 Å². The molecular formula is C24H30O12. The Morgan fingerprint density at radius 3 is 2.42 bits per heavy atom. The molecule has 1 aromatic carbocycles. The standard InChI is InChI=1S/C24H30O12/c25-10-14-18(28)19(29)20(30)23(35-14)36-22-16-13(8-9-33-22)17(27)21(31)24(16,32)11-34-15(26)7-6-12-4-2-1-3-5-12/h1-9,13-14,16-23,25,27-32H,10-11H2/b7-6+/t13-,14-,16-,17+,18-,19+,20-,21+,22+,23+,24+/m1/s1. The number of aliphatic hydroxyl groups is 7. The third-order valence-electron chi connectivity index (χ3n) is 6.80. The molecule has 0 radical (unpaired) electrons. The minimum atomic E-state index is -2.23. The van der Waals surface area contributed by atoms with Crippen LogP contribution in [0.15, 0.2) is 48.7 Å². The van der Waals surface area contributed by atoms with Crippen molar-refractivity contribution in [3.63, 3.8) is 0 Å². The first-order valence-corrected chi connectivity index (χ1v) is 11.4. The predicted octanol–water partition coefficient (Wildman–Crippen LogP) is -2.37. The van der Waals surface area contributed by atoms with E-state index in [-0.39, 0.29) is 0 Å². The first-order chi connectivity index (χ1) is 17.2. The van der Waals surface area contributed by atoms with E-state index in [1.165, 1.54) is 18.4 Å². The summed E-state index contributed by atoms with van der Waals surface area (Å²) in [6, 6.07) is 8.93. The molecule has 3 aliphatic rings. The number of ether oxygens (including phenoxy) is 4. The van der Waals surface area contributed by atoms with E-state index in [4.69, 9.17) is 18.9 Å². The molecular weight excluding hydrogens is 480 g/mol. The summed E-state index contributed by atoms with van der Waals surface area (Å²) in [7, 11) is 0. The Morgan fingerprint density at radius 1 is 1.00 bits per heavy atom. The molecule has 0 bridgehead atoms. The van der Waals surface area contributed by atoms with Gasteiger partial charge in [-0.2, -0.15) is 0 Å². The summed E-state index contributed by atoms with van der Waals surface area (Å²) in [5, 5.41) is 72.3. The van der Waals surface area contributed by atoms with E-state index in [0.29, 0.717) is 0 Å². The van der Waals surface area contributed by atoms with Crippen molar-refractivity contribution in [2.45, 2.75) is 54.8 Å². The highest BCUT2D eigenvalue weighted by Crippen LogP contribution is 2.47. The minimum Gasteiger partial charge on any atom is -0.472 e. The summed E-state index contributed by atoms with van der Waals surface area (Å²) in [5.41, 5.74) is -1.49. The molecule has 36 heavy (non-hydrogen) atoms. The van der Waals surface area contributed by atoms with Gasteiger partial charge in [-0.25, -0.2) is 4.79 Å². The number of rotatable bonds is 7. The fourth-order valence-corrected chi connectivity index (χ4v) is 4.77. The molecule has 2 aliphatic heterocycles. The van der Waals surface area contributed by atoms with Gasteiger partial charge in [0.1, 0.15) is 42.7 Å². The topological polar surface area (TPSA) is 196 Å². The van der Waals surface area contributed by atoms with Gasteiger partial charge in [-0.15, -0.1) is 0 Å². The fraction of sp³-hybridized carbons (Fsp3) is 0.542. The van der Waals surface area contributed by atoms with Crippen LogP contribution in [0.4, 0.5) is 0 Å². The Balaban J connectivity index is 1.49. The van der Waals surface area contributed by atoms with Gasteiger partial charge >= 0.3 is 5.97 Å². The van der Waals surface area contributed by atoms with Gasteiger partial charge in [-0.05, 0) is 17.7 Å². The third-order valence-corrected chi connectivity index (χ3v) is 6.80. The molecule has 1 aromatic rings. The van der Waals surface area contributed by atoms with Crippen molar-refractivity contribution in [1.82, 2.24) is 0 Å². The van der Waals surface area contributed by atoms with Crippen LogP contribution in [0.5, 0.6) is 0 Å². The second-order valence-electron chi connectivity index (χ2n) is 9.05. The number of aliphatic hydroxyl groups excluding tert-OH is 6.